The van der Waals surface area contributed by atoms with E-state index in [0.717, 1.165) is 21.2 Å². The van der Waals surface area contributed by atoms with E-state index in [1.807, 2.05) is 48.5 Å². The quantitative estimate of drug-likeness (QED) is 0.590. The summed E-state index contributed by atoms with van der Waals surface area (Å²) >= 11 is 1.48. The Labute approximate surface area is 130 Å². The minimum atomic E-state index is -0.197. The third-order valence-electron chi connectivity index (χ3n) is 3.56. The molecule has 4 aromatic rings. The smallest absolute Gasteiger partial charge is 0.281 e. The molecule has 1 N–H and O–H groups in total. The van der Waals surface area contributed by atoms with E-state index in [-0.39, 0.29) is 5.56 Å². The molecule has 4 heteroatoms. The zero-order valence-corrected chi connectivity index (χ0v) is 12.4. The van der Waals surface area contributed by atoms with E-state index in [1.165, 1.54) is 11.3 Å². The van der Waals surface area contributed by atoms with Crippen molar-refractivity contribution >= 4 is 43.0 Å². The summed E-state index contributed by atoms with van der Waals surface area (Å²) in [5, 5.41) is 6.83. The Morgan fingerprint density at radius 1 is 0.818 bits per heavy atom. The predicted molar refractivity (Wildman–Crippen MR) is 93.1 cm³/mol. The summed E-state index contributed by atoms with van der Waals surface area (Å²) < 4.78 is 0.935. The molecular weight excluding hydrogens is 292 g/mol. The average molecular weight is 304 g/mol. The molecule has 0 fully saturated rings. The standard InChI is InChI=1S/C18H12N2OS/c21-17-14-9-3-4-11-16(14)22-18(20-17)19-15-10-5-7-12-6-1-2-8-13(12)15/h1-11H,(H,19,20,21). The van der Waals surface area contributed by atoms with Crippen molar-refractivity contribution in [3.05, 3.63) is 77.1 Å². The van der Waals surface area contributed by atoms with Gasteiger partial charge in [0.1, 0.15) is 0 Å². The lowest BCUT2D eigenvalue weighted by molar-refractivity contribution is 1.30. The lowest BCUT2D eigenvalue weighted by Gasteiger charge is -2.08. The maximum Gasteiger partial charge on any atom is 0.281 e. The van der Waals surface area contributed by atoms with Gasteiger partial charge in [-0.1, -0.05) is 59.9 Å². The molecule has 0 aliphatic carbocycles. The summed E-state index contributed by atoms with van der Waals surface area (Å²) in [6.07, 6.45) is 0. The number of nitrogens with one attached hydrogen (secondary N) is 1. The van der Waals surface area contributed by atoms with Crippen LogP contribution in [0.2, 0.25) is 0 Å². The monoisotopic (exact) mass is 304 g/mol. The fourth-order valence-corrected chi connectivity index (χ4v) is 3.42. The van der Waals surface area contributed by atoms with Gasteiger partial charge < -0.3 is 5.32 Å². The van der Waals surface area contributed by atoms with Crippen molar-refractivity contribution in [1.82, 2.24) is 4.98 Å². The Morgan fingerprint density at radius 2 is 1.55 bits per heavy atom. The third-order valence-corrected chi connectivity index (χ3v) is 4.52. The second-order valence-electron chi connectivity index (χ2n) is 4.97. The minimum Gasteiger partial charge on any atom is -0.331 e. The molecule has 0 saturated carbocycles. The van der Waals surface area contributed by atoms with Gasteiger partial charge in [-0.2, -0.15) is 4.98 Å². The third kappa shape index (κ3) is 2.23. The van der Waals surface area contributed by atoms with Gasteiger partial charge in [0.15, 0.2) is 5.13 Å². The molecule has 0 atom stereocenters. The van der Waals surface area contributed by atoms with Crippen molar-refractivity contribution in [1.29, 1.82) is 0 Å². The molecule has 3 nitrogen and oxygen atoms in total. The van der Waals surface area contributed by atoms with Gasteiger partial charge in [-0.05, 0) is 23.6 Å². The second kappa shape index (κ2) is 5.24. The highest BCUT2D eigenvalue weighted by atomic mass is 32.1. The molecule has 0 bridgehead atoms. The lowest BCUT2D eigenvalue weighted by Crippen LogP contribution is -2.07. The van der Waals surface area contributed by atoms with Gasteiger partial charge in [-0.15, -0.1) is 0 Å². The van der Waals surface area contributed by atoms with E-state index in [0.29, 0.717) is 10.5 Å². The fraction of sp³-hybridized carbons (Fsp3) is 0. The van der Waals surface area contributed by atoms with Gasteiger partial charge in [0.05, 0.1) is 5.39 Å². The molecular formula is C18H12N2OS. The van der Waals surface area contributed by atoms with E-state index < -0.39 is 0 Å². The molecule has 0 amide bonds. The Morgan fingerprint density at radius 3 is 2.45 bits per heavy atom. The van der Waals surface area contributed by atoms with E-state index in [9.17, 15) is 4.79 Å². The Hall–Kier alpha value is -2.72. The Balaban J connectivity index is 1.84. The van der Waals surface area contributed by atoms with E-state index >= 15 is 0 Å². The van der Waals surface area contributed by atoms with Crippen LogP contribution in [0.25, 0.3) is 20.9 Å². The summed E-state index contributed by atoms with van der Waals surface area (Å²) in [6, 6.07) is 21.7. The van der Waals surface area contributed by atoms with Gasteiger partial charge in [0.25, 0.3) is 5.56 Å². The number of nitrogens with zero attached hydrogens (tertiary/aromatic N) is 1. The maximum absolute atomic E-state index is 12.1. The molecule has 1 heterocycles. The Kier molecular flexibility index (Phi) is 3.09. The molecule has 22 heavy (non-hydrogen) atoms. The number of hydrogen-bond donors (Lipinski definition) is 1. The lowest BCUT2D eigenvalue weighted by atomic mass is 10.1. The first-order valence-electron chi connectivity index (χ1n) is 6.96. The zero-order chi connectivity index (χ0) is 14.9. The Bertz CT molecular complexity index is 1030. The molecule has 4 rings (SSSR count). The minimum absolute atomic E-state index is 0.197. The van der Waals surface area contributed by atoms with Crippen molar-refractivity contribution in [3.8, 4) is 0 Å². The van der Waals surface area contributed by atoms with Crippen molar-refractivity contribution in [2.24, 2.45) is 0 Å². The highest BCUT2D eigenvalue weighted by Crippen LogP contribution is 2.28. The molecule has 0 spiro atoms. The van der Waals surface area contributed by atoms with Crippen LogP contribution >= 0.6 is 11.3 Å². The molecule has 0 aliphatic heterocycles. The molecule has 0 unspecified atom stereocenters. The van der Waals surface area contributed by atoms with Crippen LogP contribution in [0.15, 0.2) is 71.5 Å². The van der Waals surface area contributed by atoms with E-state index in [1.54, 1.807) is 0 Å². The van der Waals surface area contributed by atoms with E-state index in [2.05, 4.69) is 28.5 Å². The summed E-state index contributed by atoms with van der Waals surface area (Å²) in [4.78, 5) is 16.3. The van der Waals surface area contributed by atoms with Crippen LogP contribution in [-0.2, 0) is 0 Å². The first-order chi connectivity index (χ1) is 10.8. The van der Waals surface area contributed by atoms with Gasteiger partial charge in [-0.25, -0.2) is 0 Å². The normalized spacial score (nSPS) is 10.9. The fourth-order valence-electron chi connectivity index (χ4n) is 2.51. The van der Waals surface area contributed by atoms with Crippen LogP contribution in [0, 0.1) is 0 Å². The number of benzene rings is 3. The zero-order valence-electron chi connectivity index (χ0n) is 11.6. The van der Waals surface area contributed by atoms with Crippen LogP contribution in [0.4, 0.5) is 10.8 Å². The number of rotatable bonds is 2. The van der Waals surface area contributed by atoms with Crippen LogP contribution in [0.1, 0.15) is 0 Å². The van der Waals surface area contributed by atoms with Crippen LogP contribution < -0.4 is 10.9 Å². The highest BCUT2D eigenvalue weighted by molar-refractivity contribution is 7.21. The average Bonchev–Trinajstić information content (AvgIpc) is 2.55. The largest absolute Gasteiger partial charge is 0.331 e. The SMILES string of the molecule is O=c1nc(Nc2cccc3ccccc23)sc2ccccc12. The van der Waals surface area contributed by atoms with Gasteiger partial charge in [-0.3, -0.25) is 4.79 Å². The number of fused-ring (bicyclic) bond motifs is 2. The molecule has 0 aliphatic rings. The van der Waals surface area contributed by atoms with Crippen molar-refractivity contribution < 1.29 is 0 Å². The number of anilines is 2. The topological polar surface area (TPSA) is 42.0 Å². The first-order valence-corrected chi connectivity index (χ1v) is 7.77. The maximum atomic E-state index is 12.1. The van der Waals surface area contributed by atoms with Crippen LogP contribution in [-0.4, -0.2) is 4.98 Å². The predicted octanol–water partition coefficient (Wildman–Crippen LogP) is 4.55. The molecule has 1 aromatic heterocycles. The number of hydrogen-bond acceptors (Lipinski definition) is 4. The second-order valence-corrected chi connectivity index (χ2v) is 6.00. The van der Waals surface area contributed by atoms with Crippen LogP contribution in [0.5, 0.6) is 0 Å². The van der Waals surface area contributed by atoms with E-state index in [4.69, 9.17) is 0 Å². The van der Waals surface area contributed by atoms with Crippen molar-refractivity contribution in [2.45, 2.75) is 0 Å². The molecule has 0 radical (unpaired) electrons. The highest BCUT2D eigenvalue weighted by Gasteiger charge is 2.06. The summed E-state index contributed by atoms with van der Waals surface area (Å²) in [5.41, 5.74) is 0.758. The van der Waals surface area contributed by atoms with Gasteiger partial charge >= 0.3 is 0 Å². The summed E-state index contributed by atoms with van der Waals surface area (Å²) in [5.74, 6) is 0. The van der Waals surface area contributed by atoms with Gasteiger partial charge in [0.2, 0.25) is 0 Å². The molecule has 106 valence electrons. The molecule has 3 aromatic carbocycles. The first kappa shape index (κ1) is 13.0. The van der Waals surface area contributed by atoms with Crippen molar-refractivity contribution in [3.63, 3.8) is 0 Å². The van der Waals surface area contributed by atoms with Gasteiger partial charge in [0, 0.05) is 15.8 Å². The summed E-state index contributed by atoms with van der Waals surface area (Å²) in [6.45, 7) is 0. The number of aromatic nitrogens is 1. The summed E-state index contributed by atoms with van der Waals surface area (Å²) in [7, 11) is 0. The van der Waals surface area contributed by atoms with Crippen molar-refractivity contribution in [2.75, 3.05) is 5.32 Å². The van der Waals surface area contributed by atoms with Crippen LogP contribution in [0.3, 0.4) is 0 Å². The molecule has 0 saturated heterocycles.